The molecule has 0 fully saturated rings. The molecule has 0 aliphatic carbocycles. The van der Waals surface area contributed by atoms with Crippen molar-refractivity contribution in [3.63, 3.8) is 0 Å². The second kappa shape index (κ2) is 4.65. The van der Waals surface area contributed by atoms with Gasteiger partial charge in [0.05, 0.1) is 0 Å². The molecule has 1 amide bonds. The summed E-state index contributed by atoms with van der Waals surface area (Å²) < 4.78 is 0. The first-order valence-electron chi connectivity index (χ1n) is 4.44. The lowest BCUT2D eigenvalue weighted by atomic mass is 10.1. The first-order chi connectivity index (χ1) is 6.26. The van der Waals surface area contributed by atoms with Crippen molar-refractivity contribution in [2.24, 2.45) is 0 Å². The zero-order valence-corrected chi connectivity index (χ0v) is 7.84. The minimum atomic E-state index is 0.0428. The highest BCUT2D eigenvalue weighted by Gasteiger charge is 1.98. The molecule has 0 aliphatic heterocycles. The molecule has 1 aromatic carbocycles. The highest BCUT2D eigenvalue weighted by atomic mass is 16.1. The number of benzene rings is 1. The van der Waals surface area contributed by atoms with Gasteiger partial charge in [-0.2, -0.15) is 0 Å². The van der Waals surface area contributed by atoms with Crippen molar-refractivity contribution in [2.45, 2.75) is 19.8 Å². The van der Waals surface area contributed by atoms with Crippen molar-refractivity contribution in [3.8, 4) is 0 Å². The van der Waals surface area contributed by atoms with Crippen LogP contribution in [0.1, 0.15) is 18.9 Å². The van der Waals surface area contributed by atoms with E-state index in [1.165, 1.54) is 0 Å². The van der Waals surface area contributed by atoms with Crippen molar-refractivity contribution < 1.29 is 4.79 Å². The number of rotatable bonds is 3. The zero-order chi connectivity index (χ0) is 9.68. The number of amides is 1. The van der Waals surface area contributed by atoms with Gasteiger partial charge < -0.3 is 5.32 Å². The zero-order valence-electron chi connectivity index (χ0n) is 7.84. The summed E-state index contributed by atoms with van der Waals surface area (Å²) in [5.41, 5.74) is 1.99. The van der Waals surface area contributed by atoms with Crippen LogP contribution < -0.4 is 5.32 Å². The van der Waals surface area contributed by atoms with Gasteiger partial charge in [0, 0.05) is 12.1 Å². The third-order valence-corrected chi connectivity index (χ3v) is 1.82. The van der Waals surface area contributed by atoms with Gasteiger partial charge in [-0.1, -0.05) is 19.1 Å². The van der Waals surface area contributed by atoms with Crippen molar-refractivity contribution in [1.82, 2.24) is 0 Å². The van der Waals surface area contributed by atoms with Gasteiger partial charge in [0.2, 0.25) is 5.91 Å². The largest absolute Gasteiger partial charge is 0.326 e. The summed E-state index contributed by atoms with van der Waals surface area (Å²) in [6.07, 6.45) is 1.25. The summed E-state index contributed by atoms with van der Waals surface area (Å²) in [7, 11) is 0. The van der Waals surface area contributed by atoms with Crippen LogP contribution in [-0.4, -0.2) is 5.91 Å². The summed E-state index contributed by atoms with van der Waals surface area (Å²) in [5.74, 6) is 0.0428. The molecule has 0 bridgehead atoms. The molecule has 2 nitrogen and oxygen atoms in total. The number of nitrogens with one attached hydrogen (secondary N) is 1. The van der Waals surface area contributed by atoms with Gasteiger partial charge in [0.25, 0.3) is 0 Å². The molecule has 1 N–H and O–H groups in total. The van der Waals surface area contributed by atoms with Gasteiger partial charge in [-0.3, -0.25) is 4.79 Å². The van der Waals surface area contributed by atoms with Gasteiger partial charge in [0.15, 0.2) is 0 Å². The van der Waals surface area contributed by atoms with E-state index in [1.807, 2.05) is 31.2 Å². The van der Waals surface area contributed by atoms with E-state index < -0.39 is 0 Å². The number of carbonyl (C=O) groups excluding carboxylic acids is 1. The molecule has 69 valence electrons. The van der Waals surface area contributed by atoms with E-state index in [4.69, 9.17) is 0 Å². The van der Waals surface area contributed by atoms with Crippen molar-refractivity contribution in [3.05, 3.63) is 36.8 Å². The lowest BCUT2D eigenvalue weighted by Crippen LogP contribution is -2.09. The van der Waals surface area contributed by atoms with E-state index in [9.17, 15) is 4.79 Å². The average molecular weight is 176 g/mol. The van der Waals surface area contributed by atoms with Gasteiger partial charge in [0.1, 0.15) is 0 Å². The first kappa shape index (κ1) is 9.78. The molecule has 0 saturated carbocycles. The van der Waals surface area contributed by atoms with Gasteiger partial charge in [-0.25, -0.2) is 0 Å². The molecule has 0 heterocycles. The molecule has 0 aliphatic rings. The molecule has 0 atom stereocenters. The van der Waals surface area contributed by atoms with Gasteiger partial charge >= 0.3 is 0 Å². The second-order valence-electron chi connectivity index (χ2n) is 2.85. The molecule has 0 unspecified atom stereocenters. The average Bonchev–Trinajstić information content (AvgIpc) is 2.18. The number of carbonyl (C=O) groups is 1. The minimum absolute atomic E-state index is 0.0428. The van der Waals surface area contributed by atoms with E-state index in [2.05, 4.69) is 12.2 Å². The Hall–Kier alpha value is -1.31. The number of hydrogen-bond donors (Lipinski definition) is 1. The number of hydrogen-bond acceptors (Lipinski definition) is 1. The molecule has 1 aromatic rings. The Kier molecular flexibility index (Phi) is 3.50. The fourth-order valence-electron chi connectivity index (χ4n) is 1.05. The summed E-state index contributed by atoms with van der Waals surface area (Å²) >= 11 is 0. The summed E-state index contributed by atoms with van der Waals surface area (Å²) in [6.45, 7) is 5.62. The Morgan fingerprint density at radius 2 is 2.31 bits per heavy atom. The number of anilines is 1. The van der Waals surface area contributed by atoms with E-state index in [0.29, 0.717) is 6.42 Å². The Labute approximate surface area is 79.0 Å². The van der Waals surface area contributed by atoms with E-state index >= 15 is 0 Å². The Morgan fingerprint density at radius 1 is 1.54 bits per heavy atom. The maximum Gasteiger partial charge on any atom is 0.224 e. The smallest absolute Gasteiger partial charge is 0.224 e. The minimum Gasteiger partial charge on any atom is -0.326 e. The normalized spacial score (nSPS) is 9.69. The fourth-order valence-corrected chi connectivity index (χ4v) is 1.05. The third kappa shape index (κ3) is 2.90. The second-order valence-corrected chi connectivity index (χ2v) is 2.85. The highest BCUT2D eigenvalue weighted by Crippen LogP contribution is 2.10. The van der Waals surface area contributed by atoms with Crippen LogP contribution in [0.3, 0.4) is 0 Å². The van der Waals surface area contributed by atoms with Gasteiger partial charge in [-0.15, -0.1) is 0 Å². The predicted octanol–water partition coefficient (Wildman–Crippen LogP) is 2.41. The van der Waals surface area contributed by atoms with Crippen LogP contribution >= 0.6 is 0 Å². The fraction of sp³-hybridized carbons (Fsp3) is 0.273. The third-order valence-electron chi connectivity index (χ3n) is 1.82. The summed E-state index contributed by atoms with van der Waals surface area (Å²) in [4.78, 5) is 11.1. The summed E-state index contributed by atoms with van der Waals surface area (Å²) in [5, 5.41) is 2.80. The maximum absolute atomic E-state index is 11.1. The van der Waals surface area contributed by atoms with Crippen molar-refractivity contribution in [2.75, 3.05) is 5.32 Å². The van der Waals surface area contributed by atoms with Crippen molar-refractivity contribution in [1.29, 1.82) is 0 Å². The van der Waals surface area contributed by atoms with Crippen LogP contribution in [0.5, 0.6) is 0 Å². The molecular formula is C11H14NO. The van der Waals surface area contributed by atoms with E-state index in [-0.39, 0.29) is 5.91 Å². The maximum atomic E-state index is 11.1. The van der Waals surface area contributed by atoms with E-state index in [1.54, 1.807) is 0 Å². The molecule has 13 heavy (non-hydrogen) atoms. The Bertz CT molecular complexity index is 294. The predicted molar refractivity (Wildman–Crippen MR) is 54.4 cm³/mol. The molecule has 2 heteroatoms. The summed E-state index contributed by atoms with van der Waals surface area (Å²) in [6, 6.07) is 7.74. The van der Waals surface area contributed by atoms with Crippen LogP contribution in [0.4, 0.5) is 5.69 Å². The molecular weight excluding hydrogens is 162 g/mol. The Balaban J connectivity index is 2.71. The van der Waals surface area contributed by atoms with Crippen LogP contribution in [-0.2, 0) is 11.2 Å². The van der Waals surface area contributed by atoms with E-state index in [0.717, 1.165) is 17.7 Å². The highest BCUT2D eigenvalue weighted by molar-refractivity contribution is 5.90. The molecule has 1 radical (unpaired) electrons. The first-order valence-corrected chi connectivity index (χ1v) is 4.44. The SMILES string of the molecule is [CH2]Cc1cccc(NC(=O)CC)c1. The topological polar surface area (TPSA) is 29.1 Å². The lowest BCUT2D eigenvalue weighted by molar-refractivity contribution is -0.115. The molecule has 1 rings (SSSR count). The van der Waals surface area contributed by atoms with Crippen molar-refractivity contribution >= 4 is 11.6 Å². The lowest BCUT2D eigenvalue weighted by Gasteiger charge is -2.04. The standard InChI is InChI=1S/C11H14NO/c1-3-9-6-5-7-10(8-9)12-11(13)4-2/h5-8H,1,3-4H2,2H3,(H,12,13). The molecule has 0 saturated heterocycles. The van der Waals surface area contributed by atoms with Crippen LogP contribution in [0.25, 0.3) is 0 Å². The monoisotopic (exact) mass is 176 g/mol. The van der Waals surface area contributed by atoms with Crippen LogP contribution in [0.2, 0.25) is 0 Å². The van der Waals surface area contributed by atoms with Crippen LogP contribution in [0.15, 0.2) is 24.3 Å². The van der Waals surface area contributed by atoms with Gasteiger partial charge in [-0.05, 0) is 31.0 Å². The molecule has 0 spiro atoms. The molecule has 0 aromatic heterocycles. The quantitative estimate of drug-likeness (QED) is 0.752. The Morgan fingerprint density at radius 3 is 2.92 bits per heavy atom. The van der Waals surface area contributed by atoms with Crippen LogP contribution in [0, 0.1) is 6.92 Å².